The molecule has 0 unspecified atom stereocenters. The van der Waals surface area contributed by atoms with E-state index in [1.165, 1.54) is 38.5 Å². The summed E-state index contributed by atoms with van der Waals surface area (Å²) >= 11 is 0. The molecule has 0 spiro atoms. The smallest absolute Gasteiger partial charge is 0.314 e. The third-order valence-corrected chi connectivity index (χ3v) is 2.85. The number of nitrogens with one attached hydrogen (secondary N) is 2. The average molecular weight is 256 g/mol. The standard InChI is InChI=1S/C15H32N2O/c1-5-6-7-8-9-10-11-12-16-14(18)17-13-15(2,3)4/h5-13H2,1-4H3,(H2,16,17,18). The Balaban J connectivity index is 3.25. The predicted molar refractivity (Wildman–Crippen MR) is 78.8 cm³/mol. The minimum Gasteiger partial charge on any atom is -0.338 e. The van der Waals surface area contributed by atoms with Gasteiger partial charge in [0.1, 0.15) is 0 Å². The lowest BCUT2D eigenvalue weighted by atomic mass is 9.97. The molecule has 2 N–H and O–H groups in total. The van der Waals surface area contributed by atoms with Crippen LogP contribution in [0, 0.1) is 5.41 Å². The van der Waals surface area contributed by atoms with Gasteiger partial charge in [0.15, 0.2) is 0 Å². The fraction of sp³-hybridized carbons (Fsp3) is 0.933. The number of hydrogen-bond donors (Lipinski definition) is 2. The van der Waals surface area contributed by atoms with Crippen molar-refractivity contribution in [3.63, 3.8) is 0 Å². The van der Waals surface area contributed by atoms with Crippen molar-refractivity contribution in [1.29, 1.82) is 0 Å². The molecular formula is C15H32N2O. The highest BCUT2D eigenvalue weighted by Crippen LogP contribution is 2.10. The van der Waals surface area contributed by atoms with Crippen molar-refractivity contribution < 1.29 is 4.79 Å². The Kier molecular flexibility index (Phi) is 9.80. The number of rotatable bonds is 9. The van der Waals surface area contributed by atoms with Crippen LogP contribution < -0.4 is 10.6 Å². The Morgan fingerprint density at radius 3 is 2.00 bits per heavy atom. The monoisotopic (exact) mass is 256 g/mol. The molecule has 108 valence electrons. The van der Waals surface area contributed by atoms with Gasteiger partial charge in [0.25, 0.3) is 0 Å². The second-order valence-corrected chi connectivity index (χ2v) is 6.29. The van der Waals surface area contributed by atoms with E-state index in [-0.39, 0.29) is 11.4 Å². The van der Waals surface area contributed by atoms with E-state index in [0.29, 0.717) is 0 Å². The molecule has 0 aliphatic heterocycles. The van der Waals surface area contributed by atoms with Gasteiger partial charge < -0.3 is 10.6 Å². The predicted octanol–water partition coefficient (Wildman–Crippen LogP) is 4.08. The molecular weight excluding hydrogens is 224 g/mol. The molecule has 0 aromatic heterocycles. The normalized spacial score (nSPS) is 11.3. The third kappa shape index (κ3) is 13.3. The summed E-state index contributed by atoms with van der Waals surface area (Å²) in [5, 5.41) is 5.80. The van der Waals surface area contributed by atoms with Crippen LogP contribution in [0.3, 0.4) is 0 Å². The summed E-state index contributed by atoms with van der Waals surface area (Å²) in [7, 11) is 0. The van der Waals surface area contributed by atoms with Gasteiger partial charge in [-0.3, -0.25) is 0 Å². The van der Waals surface area contributed by atoms with Gasteiger partial charge in [-0.1, -0.05) is 66.2 Å². The van der Waals surface area contributed by atoms with Crippen LogP contribution in [-0.4, -0.2) is 19.1 Å². The molecule has 0 aromatic carbocycles. The molecule has 3 heteroatoms. The number of amides is 2. The summed E-state index contributed by atoms with van der Waals surface area (Å²) in [6.45, 7) is 10.1. The van der Waals surface area contributed by atoms with Crippen LogP contribution in [0.2, 0.25) is 0 Å². The van der Waals surface area contributed by atoms with Crippen LogP contribution in [-0.2, 0) is 0 Å². The lowest BCUT2D eigenvalue weighted by Gasteiger charge is -2.18. The lowest BCUT2D eigenvalue weighted by Crippen LogP contribution is -2.40. The number of urea groups is 1. The van der Waals surface area contributed by atoms with Gasteiger partial charge in [0.05, 0.1) is 0 Å². The first-order chi connectivity index (χ1) is 8.45. The first-order valence-corrected chi connectivity index (χ1v) is 7.47. The van der Waals surface area contributed by atoms with E-state index in [9.17, 15) is 4.79 Å². The maximum Gasteiger partial charge on any atom is 0.314 e. The summed E-state index contributed by atoms with van der Waals surface area (Å²) in [5.74, 6) is 0. The van der Waals surface area contributed by atoms with E-state index in [4.69, 9.17) is 0 Å². The zero-order valence-electron chi connectivity index (χ0n) is 12.8. The SMILES string of the molecule is CCCCCCCCCNC(=O)NCC(C)(C)C. The molecule has 0 fully saturated rings. The van der Waals surface area contributed by atoms with Gasteiger partial charge >= 0.3 is 6.03 Å². The summed E-state index contributed by atoms with van der Waals surface area (Å²) in [6.07, 6.45) is 8.96. The van der Waals surface area contributed by atoms with Crippen LogP contribution in [0.25, 0.3) is 0 Å². The zero-order chi connectivity index (χ0) is 13.9. The van der Waals surface area contributed by atoms with Gasteiger partial charge in [-0.25, -0.2) is 4.79 Å². The van der Waals surface area contributed by atoms with Crippen molar-refractivity contribution in [3.05, 3.63) is 0 Å². The number of carbonyl (C=O) groups excluding carboxylic acids is 1. The highest BCUT2D eigenvalue weighted by Gasteiger charge is 2.11. The van der Waals surface area contributed by atoms with Gasteiger partial charge in [-0.2, -0.15) is 0 Å². The van der Waals surface area contributed by atoms with Crippen molar-refractivity contribution in [2.45, 2.75) is 72.6 Å². The number of carbonyl (C=O) groups is 1. The third-order valence-electron chi connectivity index (χ3n) is 2.85. The quantitative estimate of drug-likeness (QED) is 0.600. The molecule has 0 aromatic rings. The average Bonchev–Trinajstić information content (AvgIpc) is 2.29. The summed E-state index contributed by atoms with van der Waals surface area (Å²) in [6, 6.07) is -0.0316. The maximum absolute atomic E-state index is 11.4. The van der Waals surface area contributed by atoms with E-state index in [1.54, 1.807) is 0 Å². The van der Waals surface area contributed by atoms with E-state index in [1.807, 2.05) is 0 Å². The van der Waals surface area contributed by atoms with Gasteiger partial charge in [-0.15, -0.1) is 0 Å². The van der Waals surface area contributed by atoms with E-state index < -0.39 is 0 Å². The van der Waals surface area contributed by atoms with Crippen molar-refractivity contribution in [3.8, 4) is 0 Å². The molecule has 0 rings (SSSR count). The lowest BCUT2D eigenvalue weighted by molar-refractivity contribution is 0.235. The van der Waals surface area contributed by atoms with Gasteiger partial charge in [0.2, 0.25) is 0 Å². The molecule has 2 amide bonds. The molecule has 0 atom stereocenters. The Hall–Kier alpha value is -0.730. The second kappa shape index (κ2) is 10.2. The zero-order valence-corrected chi connectivity index (χ0v) is 12.8. The first kappa shape index (κ1) is 17.3. The molecule has 0 heterocycles. The Labute approximate surface area is 113 Å². The topological polar surface area (TPSA) is 41.1 Å². The molecule has 0 saturated heterocycles. The molecule has 0 saturated carbocycles. The number of unbranched alkanes of at least 4 members (excludes halogenated alkanes) is 6. The first-order valence-electron chi connectivity index (χ1n) is 7.47. The van der Waals surface area contributed by atoms with E-state index >= 15 is 0 Å². The molecule has 3 nitrogen and oxygen atoms in total. The highest BCUT2D eigenvalue weighted by molar-refractivity contribution is 5.73. The fourth-order valence-electron chi connectivity index (χ4n) is 1.69. The summed E-state index contributed by atoms with van der Waals surface area (Å²) < 4.78 is 0. The Bertz CT molecular complexity index is 209. The molecule has 0 aliphatic rings. The molecule has 0 radical (unpaired) electrons. The van der Waals surface area contributed by atoms with Gasteiger partial charge in [-0.05, 0) is 11.8 Å². The van der Waals surface area contributed by atoms with Crippen molar-refractivity contribution >= 4 is 6.03 Å². The van der Waals surface area contributed by atoms with Crippen molar-refractivity contribution in [1.82, 2.24) is 10.6 Å². The van der Waals surface area contributed by atoms with E-state index in [0.717, 1.165) is 19.5 Å². The molecule has 0 bridgehead atoms. The van der Waals surface area contributed by atoms with Crippen LogP contribution in [0.1, 0.15) is 72.6 Å². The highest BCUT2D eigenvalue weighted by atomic mass is 16.2. The second-order valence-electron chi connectivity index (χ2n) is 6.29. The van der Waals surface area contributed by atoms with Gasteiger partial charge in [0, 0.05) is 13.1 Å². The molecule has 18 heavy (non-hydrogen) atoms. The Morgan fingerprint density at radius 2 is 1.44 bits per heavy atom. The van der Waals surface area contributed by atoms with Crippen molar-refractivity contribution in [2.24, 2.45) is 5.41 Å². The fourth-order valence-corrected chi connectivity index (χ4v) is 1.69. The minimum absolute atomic E-state index is 0.0316. The van der Waals surface area contributed by atoms with Crippen LogP contribution in [0.5, 0.6) is 0 Å². The largest absolute Gasteiger partial charge is 0.338 e. The summed E-state index contributed by atoms with van der Waals surface area (Å²) in [4.78, 5) is 11.4. The van der Waals surface area contributed by atoms with E-state index in [2.05, 4.69) is 38.3 Å². The summed E-state index contributed by atoms with van der Waals surface area (Å²) in [5.41, 5.74) is 0.149. The van der Waals surface area contributed by atoms with Crippen LogP contribution in [0.15, 0.2) is 0 Å². The van der Waals surface area contributed by atoms with Crippen LogP contribution >= 0.6 is 0 Å². The van der Waals surface area contributed by atoms with Crippen LogP contribution in [0.4, 0.5) is 4.79 Å². The van der Waals surface area contributed by atoms with Crippen molar-refractivity contribution in [2.75, 3.05) is 13.1 Å². The minimum atomic E-state index is -0.0316. The molecule has 0 aliphatic carbocycles. The Morgan fingerprint density at radius 1 is 0.889 bits per heavy atom. The maximum atomic E-state index is 11.4. The number of hydrogen-bond acceptors (Lipinski definition) is 1.